The summed E-state index contributed by atoms with van der Waals surface area (Å²) >= 11 is 0. The van der Waals surface area contributed by atoms with E-state index in [1.54, 1.807) is 13.8 Å². The van der Waals surface area contributed by atoms with Crippen LogP contribution in [0.1, 0.15) is 44.7 Å². The lowest BCUT2D eigenvalue weighted by molar-refractivity contribution is -0.156. The van der Waals surface area contributed by atoms with Gasteiger partial charge < -0.3 is 15.4 Å². The van der Waals surface area contributed by atoms with Crippen LogP contribution in [0, 0.1) is 6.92 Å². The van der Waals surface area contributed by atoms with E-state index >= 15 is 0 Å². The van der Waals surface area contributed by atoms with Gasteiger partial charge in [0.05, 0.1) is 0 Å². The summed E-state index contributed by atoms with van der Waals surface area (Å²) in [5, 5.41) is 5.33. The van der Waals surface area contributed by atoms with Crippen LogP contribution >= 0.6 is 0 Å². The van der Waals surface area contributed by atoms with Crippen molar-refractivity contribution < 1.29 is 23.9 Å². The van der Waals surface area contributed by atoms with E-state index in [-0.39, 0.29) is 0 Å². The van der Waals surface area contributed by atoms with Crippen molar-refractivity contribution in [3.05, 3.63) is 35.4 Å². The normalized spacial score (nSPS) is 16.5. The van der Waals surface area contributed by atoms with Crippen molar-refractivity contribution in [2.45, 2.75) is 58.7 Å². The summed E-state index contributed by atoms with van der Waals surface area (Å²) in [4.78, 5) is 49.7. The van der Waals surface area contributed by atoms with Gasteiger partial charge in [0.2, 0.25) is 0 Å². The summed E-state index contributed by atoms with van der Waals surface area (Å²) in [7, 11) is 0. The Morgan fingerprint density at radius 3 is 2.32 bits per heavy atom. The number of hydrogen-bond acceptors (Lipinski definition) is 5. The van der Waals surface area contributed by atoms with Crippen LogP contribution in [0.5, 0.6) is 0 Å². The summed E-state index contributed by atoms with van der Waals surface area (Å²) in [5.41, 5.74) is 1.06. The molecular formula is C20H27N3O5. The zero-order valence-electron chi connectivity index (χ0n) is 16.7. The van der Waals surface area contributed by atoms with E-state index in [4.69, 9.17) is 4.74 Å². The Balaban J connectivity index is 1.86. The minimum absolute atomic E-state index is 0.309. The van der Waals surface area contributed by atoms with E-state index in [9.17, 15) is 19.2 Å². The molecule has 1 aliphatic heterocycles. The van der Waals surface area contributed by atoms with Crippen LogP contribution in [-0.4, -0.2) is 46.9 Å². The lowest BCUT2D eigenvalue weighted by Gasteiger charge is -2.23. The van der Waals surface area contributed by atoms with E-state index < -0.39 is 42.0 Å². The molecule has 1 heterocycles. The molecule has 0 radical (unpaired) electrons. The standard InChI is InChI=1S/C20H27N3O5/c1-5-20(6-2)18(26)23(19(27)22-20)12-16(24)28-14(4)17(25)21-11-15-9-7-13(3)8-10-15/h7-10,14H,5-6,11-12H2,1-4H3,(H,21,25)(H,22,27)/t14-/m1/s1. The lowest BCUT2D eigenvalue weighted by atomic mass is 9.93. The summed E-state index contributed by atoms with van der Waals surface area (Å²) in [6.45, 7) is 6.79. The molecule has 8 heteroatoms. The number of carbonyl (C=O) groups excluding carboxylic acids is 4. The number of amides is 4. The molecule has 2 rings (SSSR count). The molecule has 4 amide bonds. The van der Waals surface area contributed by atoms with Crippen molar-refractivity contribution in [1.29, 1.82) is 0 Å². The van der Waals surface area contributed by atoms with Crippen molar-refractivity contribution in [1.82, 2.24) is 15.5 Å². The Hall–Kier alpha value is -2.90. The maximum atomic E-state index is 12.5. The third-order valence-electron chi connectivity index (χ3n) is 5.01. The van der Waals surface area contributed by atoms with Crippen LogP contribution in [0.3, 0.4) is 0 Å². The first-order chi connectivity index (χ1) is 13.2. The number of benzene rings is 1. The molecule has 0 bridgehead atoms. The lowest BCUT2D eigenvalue weighted by Crippen LogP contribution is -2.46. The molecule has 1 atom stereocenters. The van der Waals surface area contributed by atoms with Gasteiger partial charge in [-0.1, -0.05) is 43.7 Å². The van der Waals surface area contributed by atoms with Gasteiger partial charge in [0.1, 0.15) is 12.1 Å². The van der Waals surface area contributed by atoms with Gasteiger partial charge in [-0.2, -0.15) is 0 Å². The Morgan fingerprint density at radius 2 is 1.79 bits per heavy atom. The number of rotatable bonds is 8. The first kappa shape index (κ1) is 21.4. The average molecular weight is 389 g/mol. The zero-order chi connectivity index (χ0) is 20.9. The van der Waals surface area contributed by atoms with Gasteiger partial charge in [0.25, 0.3) is 11.8 Å². The Morgan fingerprint density at radius 1 is 1.18 bits per heavy atom. The summed E-state index contributed by atoms with van der Waals surface area (Å²) in [6, 6.07) is 7.06. The molecule has 0 spiro atoms. The third kappa shape index (κ3) is 4.68. The molecule has 0 unspecified atom stereocenters. The number of nitrogens with zero attached hydrogens (tertiary/aromatic N) is 1. The second kappa shape index (κ2) is 8.86. The highest BCUT2D eigenvalue weighted by Crippen LogP contribution is 2.24. The molecule has 1 aromatic carbocycles. The van der Waals surface area contributed by atoms with Crippen LogP contribution in [0.15, 0.2) is 24.3 Å². The van der Waals surface area contributed by atoms with Gasteiger partial charge in [0, 0.05) is 6.54 Å². The van der Waals surface area contributed by atoms with Crippen molar-refractivity contribution in [2.24, 2.45) is 0 Å². The number of ether oxygens (including phenoxy) is 1. The van der Waals surface area contributed by atoms with Gasteiger partial charge >= 0.3 is 12.0 Å². The van der Waals surface area contributed by atoms with Crippen molar-refractivity contribution in [3.8, 4) is 0 Å². The summed E-state index contributed by atoms with van der Waals surface area (Å²) in [5.74, 6) is -1.72. The fourth-order valence-corrected chi connectivity index (χ4v) is 3.00. The van der Waals surface area contributed by atoms with Gasteiger partial charge in [-0.15, -0.1) is 0 Å². The first-order valence-electron chi connectivity index (χ1n) is 9.39. The predicted molar refractivity (Wildman–Crippen MR) is 102 cm³/mol. The number of esters is 1. The highest BCUT2D eigenvalue weighted by molar-refractivity contribution is 6.08. The SMILES string of the molecule is CCC1(CC)NC(=O)N(CC(=O)O[C@H](C)C(=O)NCc2ccc(C)cc2)C1=O. The fourth-order valence-electron chi connectivity index (χ4n) is 3.00. The molecule has 2 N–H and O–H groups in total. The first-order valence-corrected chi connectivity index (χ1v) is 9.39. The second-order valence-electron chi connectivity index (χ2n) is 6.95. The average Bonchev–Trinajstić information content (AvgIpc) is 2.91. The zero-order valence-corrected chi connectivity index (χ0v) is 16.7. The van der Waals surface area contributed by atoms with E-state index in [1.807, 2.05) is 31.2 Å². The molecular weight excluding hydrogens is 362 g/mol. The number of hydrogen-bond donors (Lipinski definition) is 2. The van der Waals surface area contributed by atoms with Crippen LogP contribution in [0.25, 0.3) is 0 Å². The van der Waals surface area contributed by atoms with Crippen LogP contribution in [0.4, 0.5) is 4.79 Å². The van der Waals surface area contributed by atoms with Gasteiger partial charge in [-0.05, 0) is 32.3 Å². The van der Waals surface area contributed by atoms with Crippen molar-refractivity contribution >= 4 is 23.8 Å². The number of carbonyl (C=O) groups is 4. The Labute approximate surface area is 164 Å². The van der Waals surface area contributed by atoms with Crippen LogP contribution < -0.4 is 10.6 Å². The Kier molecular flexibility index (Phi) is 6.77. The predicted octanol–water partition coefficient (Wildman–Crippen LogP) is 1.65. The number of aryl methyl sites for hydroxylation is 1. The number of nitrogens with one attached hydrogen (secondary N) is 2. The minimum atomic E-state index is -1.04. The maximum Gasteiger partial charge on any atom is 0.327 e. The molecule has 0 aromatic heterocycles. The van der Waals surface area contributed by atoms with Gasteiger partial charge in [0.15, 0.2) is 6.10 Å². The van der Waals surface area contributed by atoms with Crippen molar-refractivity contribution in [3.63, 3.8) is 0 Å². The Bertz CT molecular complexity index is 756. The molecule has 1 aliphatic rings. The topological polar surface area (TPSA) is 105 Å². The largest absolute Gasteiger partial charge is 0.451 e. The van der Waals surface area contributed by atoms with E-state index in [1.165, 1.54) is 6.92 Å². The van der Waals surface area contributed by atoms with Crippen LogP contribution in [-0.2, 0) is 25.7 Å². The molecule has 1 fully saturated rings. The number of imide groups is 1. The molecule has 1 saturated heterocycles. The molecule has 0 aliphatic carbocycles. The van der Waals surface area contributed by atoms with Crippen LogP contribution in [0.2, 0.25) is 0 Å². The molecule has 0 saturated carbocycles. The third-order valence-corrected chi connectivity index (χ3v) is 5.01. The van der Waals surface area contributed by atoms with Gasteiger partial charge in [-0.3, -0.25) is 19.3 Å². The smallest absolute Gasteiger partial charge is 0.327 e. The highest BCUT2D eigenvalue weighted by Gasteiger charge is 2.49. The molecule has 152 valence electrons. The highest BCUT2D eigenvalue weighted by atomic mass is 16.5. The van der Waals surface area contributed by atoms with Gasteiger partial charge in [-0.25, -0.2) is 4.79 Å². The molecule has 1 aromatic rings. The maximum absolute atomic E-state index is 12.5. The quantitative estimate of drug-likeness (QED) is 0.520. The minimum Gasteiger partial charge on any atom is -0.451 e. The number of urea groups is 1. The molecule has 28 heavy (non-hydrogen) atoms. The van der Waals surface area contributed by atoms with E-state index in [0.29, 0.717) is 19.4 Å². The van der Waals surface area contributed by atoms with E-state index in [2.05, 4.69) is 10.6 Å². The summed E-state index contributed by atoms with van der Waals surface area (Å²) < 4.78 is 5.09. The van der Waals surface area contributed by atoms with E-state index in [0.717, 1.165) is 16.0 Å². The molecule has 8 nitrogen and oxygen atoms in total. The fraction of sp³-hybridized carbons (Fsp3) is 0.500. The van der Waals surface area contributed by atoms with Crippen molar-refractivity contribution in [2.75, 3.05) is 6.54 Å². The monoisotopic (exact) mass is 389 g/mol. The second-order valence-corrected chi connectivity index (χ2v) is 6.95. The summed E-state index contributed by atoms with van der Waals surface area (Å²) in [6.07, 6.45) is -0.185.